The van der Waals surface area contributed by atoms with Crippen LogP contribution in [0.1, 0.15) is 39.1 Å². The quantitative estimate of drug-likeness (QED) is 0.0441. The number of ether oxygens (including phenoxy) is 3. The van der Waals surface area contributed by atoms with Crippen LogP contribution in [0, 0.1) is 11.8 Å². The fourth-order valence-corrected chi connectivity index (χ4v) is 9.37. The maximum absolute atomic E-state index is 13.9. The van der Waals surface area contributed by atoms with E-state index in [1.165, 1.54) is 77.4 Å². The second kappa shape index (κ2) is 21.2. The molecule has 4 aromatic rings. The van der Waals surface area contributed by atoms with Gasteiger partial charge in [-0.15, -0.1) is 10.2 Å². The molecule has 4 rings (SSSR count). The SMILES string of the molecule is COc1ccc(S(=O)(=O)N(Cc2cn(CCOCCn3cc(CN([C@H](C(=O)NO)C(C)C)S(=O)(=O)c4ccc(OCCF)cc4)nn3)nn2)[C@@H](C(=O)NO)C(C)C)cc1. The molecule has 24 heteroatoms. The van der Waals surface area contributed by atoms with E-state index in [1.807, 2.05) is 0 Å². The Morgan fingerprint density at radius 2 is 1.12 bits per heavy atom. The molecule has 2 amide bonds. The van der Waals surface area contributed by atoms with Crippen molar-refractivity contribution in [2.24, 2.45) is 11.8 Å². The van der Waals surface area contributed by atoms with Crippen LogP contribution in [0.2, 0.25) is 0 Å². The number of halogens is 1. The molecule has 0 unspecified atom stereocenters. The molecule has 59 heavy (non-hydrogen) atoms. The third kappa shape index (κ3) is 12.0. The number of hydroxylamine groups is 2. The zero-order valence-electron chi connectivity index (χ0n) is 33.1. The highest BCUT2D eigenvalue weighted by Crippen LogP contribution is 2.28. The molecule has 4 N–H and O–H groups in total. The predicted molar refractivity (Wildman–Crippen MR) is 204 cm³/mol. The fraction of sp³-hybridized carbons (Fsp3) is 0.486. The van der Waals surface area contributed by atoms with Gasteiger partial charge < -0.3 is 14.2 Å². The smallest absolute Gasteiger partial charge is 0.262 e. The van der Waals surface area contributed by atoms with Gasteiger partial charge in [-0.2, -0.15) is 8.61 Å². The van der Waals surface area contributed by atoms with Gasteiger partial charge in [0.05, 0.1) is 67.7 Å². The van der Waals surface area contributed by atoms with Crippen LogP contribution >= 0.6 is 0 Å². The topological polar surface area (TPSA) is 263 Å². The lowest BCUT2D eigenvalue weighted by atomic mass is 10.0. The summed E-state index contributed by atoms with van der Waals surface area (Å²) in [5, 5.41) is 35.2. The molecule has 0 aliphatic carbocycles. The van der Waals surface area contributed by atoms with Crippen LogP contribution in [0.3, 0.4) is 0 Å². The number of rotatable bonds is 24. The van der Waals surface area contributed by atoms with Crippen LogP contribution in [0.15, 0.2) is 70.7 Å². The van der Waals surface area contributed by atoms with E-state index in [0.717, 1.165) is 8.61 Å². The summed E-state index contributed by atoms with van der Waals surface area (Å²) in [4.78, 5) is 25.2. The van der Waals surface area contributed by atoms with Gasteiger partial charge in [-0.3, -0.25) is 20.0 Å². The van der Waals surface area contributed by atoms with Crippen LogP contribution in [0.25, 0.3) is 0 Å². The molecule has 0 aliphatic heterocycles. The normalized spacial score (nSPS) is 13.2. The zero-order valence-corrected chi connectivity index (χ0v) is 34.7. The zero-order chi connectivity index (χ0) is 43.3. The molecule has 0 radical (unpaired) electrons. The van der Waals surface area contributed by atoms with Crippen LogP contribution in [-0.4, -0.2) is 123 Å². The predicted octanol–water partition coefficient (Wildman–Crippen LogP) is 1.39. The molecule has 2 atom stereocenters. The Hall–Kier alpha value is -5.11. The van der Waals surface area contributed by atoms with E-state index in [4.69, 9.17) is 14.2 Å². The number of nitrogens with one attached hydrogen (secondary N) is 2. The van der Waals surface area contributed by atoms with Crippen molar-refractivity contribution in [1.29, 1.82) is 0 Å². The van der Waals surface area contributed by atoms with Crippen LogP contribution in [0.4, 0.5) is 4.39 Å². The molecule has 324 valence electrons. The Labute approximate surface area is 341 Å². The molecule has 2 heterocycles. The Morgan fingerprint density at radius 1 is 0.712 bits per heavy atom. The summed E-state index contributed by atoms with van der Waals surface area (Å²) in [7, 11) is -7.21. The van der Waals surface area contributed by atoms with Crippen molar-refractivity contribution in [3.05, 3.63) is 72.3 Å². The van der Waals surface area contributed by atoms with Crippen molar-refractivity contribution >= 4 is 31.9 Å². The third-order valence-electron chi connectivity index (χ3n) is 8.82. The van der Waals surface area contributed by atoms with Gasteiger partial charge in [0.15, 0.2) is 0 Å². The molecule has 0 saturated heterocycles. The maximum atomic E-state index is 13.9. The van der Waals surface area contributed by atoms with Crippen molar-refractivity contribution in [2.45, 2.75) is 75.7 Å². The number of hydrogen-bond donors (Lipinski definition) is 4. The highest BCUT2D eigenvalue weighted by atomic mass is 32.2. The van der Waals surface area contributed by atoms with Crippen molar-refractivity contribution in [2.75, 3.05) is 33.6 Å². The van der Waals surface area contributed by atoms with Crippen molar-refractivity contribution in [1.82, 2.24) is 49.6 Å². The molecule has 2 aromatic carbocycles. The number of carbonyl (C=O) groups excluding carboxylic acids is 2. The van der Waals surface area contributed by atoms with Crippen LogP contribution < -0.4 is 20.4 Å². The molecule has 0 aliphatic rings. The van der Waals surface area contributed by atoms with Gasteiger partial charge in [0.25, 0.3) is 11.8 Å². The Balaban J connectivity index is 1.40. The molecule has 2 aromatic heterocycles. The molecule has 21 nitrogen and oxygen atoms in total. The maximum Gasteiger partial charge on any atom is 0.262 e. The van der Waals surface area contributed by atoms with Crippen LogP contribution in [-0.2, 0) is 60.6 Å². The highest BCUT2D eigenvalue weighted by Gasteiger charge is 2.40. The summed E-state index contributed by atoms with van der Waals surface area (Å²) >= 11 is 0. The number of aromatic nitrogens is 6. The Kier molecular flexibility index (Phi) is 16.8. The first-order valence-corrected chi connectivity index (χ1v) is 21.2. The molecule has 0 bridgehead atoms. The fourth-order valence-electron chi connectivity index (χ4n) is 5.99. The van der Waals surface area contributed by atoms with Gasteiger partial charge in [0.2, 0.25) is 20.0 Å². The summed E-state index contributed by atoms with van der Waals surface area (Å²) in [6, 6.07) is 8.28. The molecular weight excluding hydrogens is 820 g/mol. The van der Waals surface area contributed by atoms with E-state index >= 15 is 0 Å². The minimum absolute atomic E-state index is 0.101. The lowest BCUT2D eigenvalue weighted by Gasteiger charge is -2.31. The first-order chi connectivity index (χ1) is 28.1. The summed E-state index contributed by atoms with van der Waals surface area (Å²) in [5.41, 5.74) is 3.52. The summed E-state index contributed by atoms with van der Waals surface area (Å²) in [5.74, 6) is -2.30. The second-order valence-corrected chi connectivity index (χ2v) is 17.5. The van der Waals surface area contributed by atoms with Gasteiger partial charge in [-0.1, -0.05) is 38.1 Å². The third-order valence-corrected chi connectivity index (χ3v) is 12.5. The minimum Gasteiger partial charge on any atom is -0.497 e. The van der Waals surface area contributed by atoms with E-state index < -0.39 is 62.5 Å². The van der Waals surface area contributed by atoms with E-state index in [0.29, 0.717) is 5.75 Å². The monoisotopic (exact) mass is 868 g/mol. The first-order valence-electron chi connectivity index (χ1n) is 18.3. The van der Waals surface area contributed by atoms with E-state index in [-0.39, 0.29) is 72.9 Å². The number of methoxy groups -OCH3 is 1. The summed E-state index contributed by atoms with van der Waals surface area (Å²) in [6.07, 6.45) is 3.00. The van der Waals surface area contributed by atoms with Crippen LogP contribution in [0.5, 0.6) is 11.5 Å². The van der Waals surface area contributed by atoms with E-state index in [9.17, 15) is 41.2 Å². The Bertz CT molecular complexity index is 2190. The van der Waals surface area contributed by atoms with E-state index in [1.54, 1.807) is 38.7 Å². The number of amides is 2. The lowest BCUT2D eigenvalue weighted by molar-refractivity contribution is -0.135. The number of benzene rings is 2. The van der Waals surface area contributed by atoms with Crippen molar-refractivity contribution < 1.29 is 55.4 Å². The highest BCUT2D eigenvalue weighted by molar-refractivity contribution is 7.89. The lowest BCUT2D eigenvalue weighted by Crippen LogP contribution is -2.51. The average Bonchev–Trinajstić information content (AvgIpc) is 3.88. The van der Waals surface area contributed by atoms with Gasteiger partial charge in [-0.25, -0.2) is 41.5 Å². The van der Waals surface area contributed by atoms with Gasteiger partial charge in [0, 0.05) is 12.4 Å². The van der Waals surface area contributed by atoms with Gasteiger partial charge in [-0.05, 0) is 60.4 Å². The first kappa shape index (κ1) is 46.6. The minimum atomic E-state index is -4.37. The second-order valence-electron chi connectivity index (χ2n) is 13.7. The molecule has 0 saturated carbocycles. The Morgan fingerprint density at radius 3 is 1.47 bits per heavy atom. The largest absolute Gasteiger partial charge is 0.497 e. The molecular formula is C35H49FN10O11S2. The van der Waals surface area contributed by atoms with Gasteiger partial charge in [0.1, 0.15) is 36.9 Å². The summed E-state index contributed by atoms with van der Waals surface area (Å²) in [6.45, 7) is 5.58. The van der Waals surface area contributed by atoms with Gasteiger partial charge >= 0.3 is 0 Å². The molecule has 0 spiro atoms. The number of nitrogens with zero attached hydrogens (tertiary/aromatic N) is 8. The number of hydrogen-bond acceptors (Lipinski definition) is 15. The van der Waals surface area contributed by atoms with Crippen molar-refractivity contribution in [3.8, 4) is 11.5 Å². The summed E-state index contributed by atoms with van der Waals surface area (Å²) < 4.78 is 88.8. The number of alkyl halides is 1. The standard InChI is InChI=1S/C35H49FN10O11S2/c1-24(2)32(34(47)39-49)45(58(51,52)30-10-6-28(55-5)7-11-30)22-26-20-43(41-37-26)15-18-56-19-16-44-21-27(38-42-44)23-46(33(25(3)4)35(48)40-50)59(53,54)31-12-8-29(9-13-31)57-17-14-36/h6-13,20-21,24-25,32-33,49-50H,14-19,22-23H2,1-5H3,(H,39,47)(H,40,48)/t32-,33+/m1/s1. The average molecular weight is 869 g/mol. The molecule has 0 fully saturated rings. The number of carbonyl (C=O) groups is 2. The van der Waals surface area contributed by atoms with Crippen molar-refractivity contribution in [3.63, 3.8) is 0 Å². The number of sulfonamides is 2. The van der Waals surface area contributed by atoms with E-state index in [2.05, 4.69) is 20.6 Å².